The van der Waals surface area contributed by atoms with Gasteiger partial charge in [0, 0.05) is 0 Å². The molecule has 9 heavy (non-hydrogen) atoms. The third kappa shape index (κ3) is 1.27. The van der Waals surface area contributed by atoms with Crippen molar-refractivity contribution in [3.05, 3.63) is 25.4 Å². The van der Waals surface area contributed by atoms with Gasteiger partial charge < -0.3 is 13.6 Å². The Kier molecular flexibility index (Phi) is 1.49. The van der Waals surface area contributed by atoms with Gasteiger partial charge in [0.1, 0.15) is 12.5 Å². The molecule has 5 heteroatoms. The maximum Gasteiger partial charge on any atom is 0.645 e. The minimum atomic E-state index is -3.30. The fourth-order valence-corrected chi connectivity index (χ4v) is 1.09. The zero-order chi connectivity index (χ0) is 6.74. The molecule has 1 aliphatic rings. The Morgan fingerprint density at radius 1 is 1.56 bits per heavy atom. The molecule has 4 nitrogen and oxygen atoms in total. The number of phosphoric acid groups is 1. The summed E-state index contributed by atoms with van der Waals surface area (Å²) in [6, 6.07) is 0. The molecule has 1 aliphatic heterocycles. The predicted octanol–water partition coefficient (Wildman–Crippen LogP) is 1.77. The Morgan fingerprint density at radius 3 is 2.56 bits per heavy atom. The molecule has 0 unspecified atom stereocenters. The van der Waals surface area contributed by atoms with E-state index in [2.05, 4.69) is 20.2 Å². The van der Waals surface area contributed by atoms with Crippen LogP contribution in [0.3, 0.4) is 0 Å². The molecule has 0 aromatic carbocycles. The largest absolute Gasteiger partial charge is 0.645 e. The van der Waals surface area contributed by atoms with Gasteiger partial charge in [-0.15, -0.1) is 0 Å². The molecule has 0 saturated carbocycles. The van der Waals surface area contributed by atoms with Crippen molar-refractivity contribution in [1.29, 1.82) is 0 Å². The van der Waals surface area contributed by atoms with Crippen LogP contribution in [0.4, 0.5) is 0 Å². The Balaban J connectivity index is 2.55. The van der Waals surface area contributed by atoms with Crippen molar-refractivity contribution in [3.8, 4) is 0 Å². The van der Waals surface area contributed by atoms with Crippen molar-refractivity contribution in [1.82, 2.24) is 0 Å². The summed E-state index contributed by atoms with van der Waals surface area (Å²) in [7, 11) is -3.30. The highest BCUT2D eigenvalue weighted by Crippen LogP contribution is 2.53. The van der Waals surface area contributed by atoms with E-state index in [4.69, 9.17) is 0 Å². The smallest absolute Gasteiger partial charge is 0.395 e. The van der Waals surface area contributed by atoms with Crippen LogP contribution in [0.25, 0.3) is 0 Å². The highest BCUT2D eigenvalue weighted by atomic mass is 31.2. The number of rotatable bonds is 2. The summed E-state index contributed by atoms with van der Waals surface area (Å²) in [5, 5.41) is 0. The number of hydrogen-bond acceptors (Lipinski definition) is 4. The van der Waals surface area contributed by atoms with Gasteiger partial charge in [0.05, 0.1) is 6.26 Å². The zero-order valence-electron chi connectivity index (χ0n) is 4.52. The zero-order valence-corrected chi connectivity index (χ0v) is 5.41. The SMILES string of the molecule is C=COP1(=O)OC=CO1. The van der Waals surface area contributed by atoms with Crippen molar-refractivity contribution in [2.75, 3.05) is 0 Å². The maximum atomic E-state index is 10.8. The van der Waals surface area contributed by atoms with E-state index in [1.54, 1.807) is 0 Å². The van der Waals surface area contributed by atoms with E-state index < -0.39 is 7.82 Å². The summed E-state index contributed by atoms with van der Waals surface area (Å²) in [6.07, 6.45) is 3.32. The molecule has 0 spiro atoms. The lowest BCUT2D eigenvalue weighted by molar-refractivity contribution is 0.262. The van der Waals surface area contributed by atoms with E-state index in [-0.39, 0.29) is 0 Å². The van der Waals surface area contributed by atoms with Crippen LogP contribution in [0, 0.1) is 0 Å². The third-order valence-corrected chi connectivity index (χ3v) is 1.81. The summed E-state index contributed by atoms with van der Waals surface area (Å²) in [5.41, 5.74) is 0. The van der Waals surface area contributed by atoms with Crippen LogP contribution in [-0.2, 0) is 18.1 Å². The van der Waals surface area contributed by atoms with Crippen LogP contribution in [-0.4, -0.2) is 0 Å². The summed E-state index contributed by atoms with van der Waals surface area (Å²) in [5.74, 6) is 0. The Labute approximate surface area is 52.3 Å². The van der Waals surface area contributed by atoms with Gasteiger partial charge in [0.2, 0.25) is 0 Å². The topological polar surface area (TPSA) is 44.8 Å². The number of phosphoric ester groups is 1. The molecule has 0 N–H and O–H groups in total. The monoisotopic (exact) mass is 148 g/mol. The summed E-state index contributed by atoms with van der Waals surface area (Å²) in [4.78, 5) is 0. The van der Waals surface area contributed by atoms with Crippen LogP contribution in [0.5, 0.6) is 0 Å². The molecule has 0 aromatic heterocycles. The van der Waals surface area contributed by atoms with Gasteiger partial charge in [0.25, 0.3) is 0 Å². The fraction of sp³-hybridized carbons (Fsp3) is 0. The van der Waals surface area contributed by atoms with E-state index in [9.17, 15) is 4.57 Å². The molecule has 1 rings (SSSR count). The van der Waals surface area contributed by atoms with Gasteiger partial charge in [0.15, 0.2) is 0 Å². The molecule has 0 aliphatic carbocycles. The van der Waals surface area contributed by atoms with Crippen molar-refractivity contribution in [3.63, 3.8) is 0 Å². The van der Waals surface area contributed by atoms with E-state index in [0.717, 1.165) is 18.8 Å². The lowest BCUT2D eigenvalue weighted by Crippen LogP contribution is -1.79. The molecule has 0 atom stereocenters. The van der Waals surface area contributed by atoms with Crippen LogP contribution in [0.2, 0.25) is 0 Å². The molecule has 1 heterocycles. The van der Waals surface area contributed by atoms with Gasteiger partial charge in [-0.05, 0) is 0 Å². The van der Waals surface area contributed by atoms with Crippen LogP contribution < -0.4 is 0 Å². The molecule has 0 aromatic rings. The first kappa shape index (κ1) is 6.23. The van der Waals surface area contributed by atoms with Gasteiger partial charge in [-0.3, -0.25) is 0 Å². The quantitative estimate of drug-likeness (QED) is 0.442. The first-order chi connectivity index (χ1) is 4.27. The van der Waals surface area contributed by atoms with Gasteiger partial charge in [-0.25, -0.2) is 0 Å². The van der Waals surface area contributed by atoms with Crippen LogP contribution >= 0.6 is 7.82 Å². The Morgan fingerprint density at radius 2 is 2.11 bits per heavy atom. The lowest BCUT2D eigenvalue weighted by atomic mass is 11.1. The molecule has 0 saturated heterocycles. The highest BCUT2D eigenvalue weighted by molar-refractivity contribution is 7.49. The van der Waals surface area contributed by atoms with Crippen molar-refractivity contribution < 1.29 is 18.1 Å². The standard InChI is InChI=1S/C4H5O4P/c1-2-6-9(5)7-3-4-8-9/h2-4H,1H2. The second kappa shape index (κ2) is 2.15. The van der Waals surface area contributed by atoms with Crippen molar-refractivity contribution in [2.45, 2.75) is 0 Å². The summed E-state index contributed by atoms with van der Waals surface area (Å²) in [6.45, 7) is 3.19. The van der Waals surface area contributed by atoms with Crippen LogP contribution in [0.1, 0.15) is 0 Å². The molecule has 0 amide bonds. The number of hydrogen-bond donors (Lipinski definition) is 0. The maximum absolute atomic E-state index is 10.8. The van der Waals surface area contributed by atoms with E-state index in [0.29, 0.717) is 0 Å². The molecule has 50 valence electrons. The van der Waals surface area contributed by atoms with Gasteiger partial charge in [-0.1, -0.05) is 6.58 Å². The lowest BCUT2D eigenvalue weighted by Gasteiger charge is -2.04. The third-order valence-electron chi connectivity index (χ3n) is 0.639. The minimum Gasteiger partial charge on any atom is -0.395 e. The molecular formula is C4H5O4P. The predicted molar refractivity (Wildman–Crippen MR) is 30.2 cm³/mol. The van der Waals surface area contributed by atoms with Crippen LogP contribution in [0.15, 0.2) is 25.4 Å². The summed E-state index contributed by atoms with van der Waals surface area (Å²) < 4.78 is 24.1. The minimum absolute atomic E-state index is 1.01. The average Bonchev–Trinajstić information content (AvgIpc) is 2.16. The van der Waals surface area contributed by atoms with Crippen molar-refractivity contribution >= 4 is 7.82 Å². The van der Waals surface area contributed by atoms with E-state index in [1.165, 1.54) is 0 Å². The van der Waals surface area contributed by atoms with Gasteiger partial charge >= 0.3 is 7.82 Å². The second-order valence-electron chi connectivity index (χ2n) is 1.20. The van der Waals surface area contributed by atoms with E-state index >= 15 is 0 Å². The summed E-state index contributed by atoms with van der Waals surface area (Å²) >= 11 is 0. The van der Waals surface area contributed by atoms with Gasteiger partial charge in [-0.2, -0.15) is 4.57 Å². The fourth-order valence-electron chi connectivity index (χ4n) is 0.365. The Bertz CT molecular complexity index is 173. The molecule has 0 radical (unpaired) electrons. The highest BCUT2D eigenvalue weighted by Gasteiger charge is 2.30. The average molecular weight is 148 g/mol. The molecule has 0 fully saturated rings. The molecule has 0 bridgehead atoms. The molecular weight excluding hydrogens is 143 g/mol. The Hall–Kier alpha value is -0.890. The van der Waals surface area contributed by atoms with E-state index in [1.807, 2.05) is 0 Å². The normalized spacial score (nSPS) is 20.0. The first-order valence-corrected chi connectivity index (χ1v) is 3.64. The second-order valence-corrected chi connectivity index (χ2v) is 2.73. The van der Waals surface area contributed by atoms with Crippen molar-refractivity contribution in [2.24, 2.45) is 0 Å². The first-order valence-electron chi connectivity index (χ1n) is 2.18.